The van der Waals surface area contributed by atoms with Crippen LogP contribution in [0.3, 0.4) is 0 Å². The Bertz CT molecular complexity index is 988. The molecule has 0 bridgehead atoms. The van der Waals surface area contributed by atoms with Gasteiger partial charge < -0.3 is 24.9 Å². The van der Waals surface area contributed by atoms with E-state index in [-0.39, 0.29) is 11.7 Å². The summed E-state index contributed by atoms with van der Waals surface area (Å²) in [6.07, 6.45) is 3.77. The lowest BCUT2D eigenvalue weighted by Gasteiger charge is -2.22. The highest BCUT2D eigenvalue weighted by Gasteiger charge is 2.19. The number of nitrogens with two attached hydrogens (primary N) is 1. The minimum absolute atomic E-state index is 0.176. The van der Waals surface area contributed by atoms with Gasteiger partial charge in [-0.05, 0) is 55.7 Å². The van der Waals surface area contributed by atoms with Gasteiger partial charge in [0.2, 0.25) is 0 Å². The highest BCUT2D eigenvalue weighted by molar-refractivity contribution is 6.30. The van der Waals surface area contributed by atoms with Gasteiger partial charge >= 0.3 is 0 Å². The summed E-state index contributed by atoms with van der Waals surface area (Å²) in [4.78, 5) is 15.3. The average Bonchev–Trinajstić information content (AvgIpc) is 3.23. The quantitative estimate of drug-likeness (QED) is 0.440. The molecular formula is C23H26ClN3O4. The van der Waals surface area contributed by atoms with Gasteiger partial charge in [-0.2, -0.15) is 0 Å². The van der Waals surface area contributed by atoms with Gasteiger partial charge in [-0.1, -0.05) is 29.8 Å². The Balaban J connectivity index is 1.57. The number of hydrogen-bond acceptors (Lipinski definition) is 5. The zero-order valence-electron chi connectivity index (χ0n) is 17.3. The standard InChI is InChI=1S/C23H26ClN3O4/c1-16(28)21(27-14-20(23(25)29)26-15-27)11-6-17-4-2-3-5-22(17)31-13-12-30-19-9-7-18(24)8-10-19/h2-5,7-10,14-16,21,28H,6,11-13H2,1H3,(H2,25,29). The van der Waals surface area contributed by atoms with Gasteiger partial charge in [0.15, 0.2) is 0 Å². The third kappa shape index (κ3) is 6.47. The Kier molecular flexibility index (Phi) is 7.92. The SMILES string of the molecule is CC(O)C(CCc1ccccc1OCCOc1ccc(Cl)cc1)n1cnc(C(N)=O)c1. The lowest BCUT2D eigenvalue weighted by Crippen LogP contribution is -2.21. The summed E-state index contributed by atoms with van der Waals surface area (Å²) in [6, 6.07) is 14.7. The molecule has 1 amide bonds. The van der Waals surface area contributed by atoms with Gasteiger partial charge in [0, 0.05) is 11.2 Å². The molecule has 0 saturated carbocycles. The summed E-state index contributed by atoms with van der Waals surface area (Å²) < 4.78 is 13.3. The number of aromatic nitrogens is 2. The first-order valence-corrected chi connectivity index (χ1v) is 10.4. The fourth-order valence-electron chi connectivity index (χ4n) is 3.28. The molecule has 8 heteroatoms. The number of halogens is 1. The predicted molar refractivity (Wildman–Crippen MR) is 119 cm³/mol. The van der Waals surface area contributed by atoms with E-state index in [0.29, 0.717) is 31.1 Å². The first-order chi connectivity index (χ1) is 14.9. The largest absolute Gasteiger partial charge is 0.490 e. The maximum atomic E-state index is 11.3. The summed E-state index contributed by atoms with van der Waals surface area (Å²) in [5.74, 6) is 0.911. The molecule has 2 aromatic carbocycles. The van der Waals surface area contributed by atoms with E-state index >= 15 is 0 Å². The van der Waals surface area contributed by atoms with E-state index in [2.05, 4.69) is 4.98 Å². The monoisotopic (exact) mass is 443 g/mol. The molecule has 2 unspecified atom stereocenters. The number of primary amides is 1. The number of aryl methyl sites for hydroxylation is 1. The van der Waals surface area contributed by atoms with Crippen LogP contribution in [0.4, 0.5) is 0 Å². The Labute approximate surface area is 186 Å². The van der Waals surface area contributed by atoms with Crippen molar-refractivity contribution in [1.82, 2.24) is 9.55 Å². The summed E-state index contributed by atoms with van der Waals surface area (Å²) in [6.45, 7) is 2.51. The average molecular weight is 444 g/mol. The van der Waals surface area contributed by atoms with Crippen molar-refractivity contribution in [1.29, 1.82) is 0 Å². The van der Waals surface area contributed by atoms with Crippen molar-refractivity contribution >= 4 is 17.5 Å². The molecule has 0 radical (unpaired) electrons. The smallest absolute Gasteiger partial charge is 0.268 e. The summed E-state index contributed by atoms with van der Waals surface area (Å²) >= 11 is 5.87. The van der Waals surface area contributed by atoms with Crippen LogP contribution in [0.15, 0.2) is 61.1 Å². The van der Waals surface area contributed by atoms with Crippen LogP contribution >= 0.6 is 11.6 Å². The molecule has 0 aliphatic carbocycles. The van der Waals surface area contributed by atoms with Crippen LogP contribution in [0.5, 0.6) is 11.5 Å². The molecule has 31 heavy (non-hydrogen) atoms. The van der Waals surface area contributed by atoms with Gasteiger partial charge in [-0.15, -0.1) is 0 Å². The molecule has 164 valence electrons. The third-order valence-electron chi connectivity index (χ3n) is 4.90. The number of imidazole rings is 1. The van der Waals surface area contributed by atoms with Crippen molar-refractivity contribution in [2.45, 2.75) is 31.9 Å². The van der Waals surface area contributed by atoms with E-state index in [0.717, 1.165) is 17.1 Å². The van der Waals surface area contributed by atoms with Crippen molar-refractivity contribution < 1.29 is 19.4 Å². The van der Waals surface area contributed by atoms with Crippen molar-refractivity contribution in [3.63, 3.8) is 0 Å². The Morgan fingerprint density at radius 3 is 2.55 bits per heavy atom. The minimum Gasteiger partial charge on any atom is -0.490 e. The van der Waals surface area contributed by atoms with E-state index in [1.165, 1.54) is 6.33 Å². The molecule has 0 aliphatic heterocycles. The van der Waals surface area contributed by atoms with Crippen molar-refractivity contribution in [3.8, 4) is 11.5 Å². The van der Waals surface area contributed by atoms with Crippen molar-refractivity contribution in [2.75, 3.05) is 13.2 Å². The van der Waals surface area contributed by atoms with Crippen molar-refractivity contribution in [2.24, 2.45) is 5.73 Å². The molecule has 7 nitrogen and oxygen atoms in total. The lowest BCUT2D eigenvalue weighted by molar-refractivity contribution is 0.0994. The van der Waals surface area contributed by atoms with Gasteiger partial charge in [0.1, 0.15) is 30.4 Å². The van der Waals surface area contributed by atoms with Gasteiger partial charge in [-0.3, -0.25) is 4.79 Å². The molecule has 3 aromatic rings. The van der Waals surface area contributed by atoms with Crippen LogP contribution in [-0.2, 0) is 6.42 Å². The highest BCUT2D eigenvalue weighted by atomic mass is 35.5. The molecule has 0 spiro atoms. The van der Waals surface area contributed by atoms with E-state index < -0.39 is 12.0 Å². The second-order valence-corrected chi connectivity index (χ2v) is 7.61. The Hall–Kier alpha value is -3.03. The van der Waals surface area contributed by atoms with Crippen LogP contribution in [-0.4, -0.2) is 39.9 Å². The van der Waals surface area contributed by atoms with Gasteiger partial charge in [0.25, 0.3) is 5.91 Å². The fourth-order valence-corrected chi connectivity index (χ4v) is 3.41. The van der Waals surface area contributed by atoms with Gasteiger partial charge in [0.05, 0.1) is 18.5 Å². The van der Waals surface area contributed by atoms with Crippen LogP contribution in [0.2, 0.25) is 5.02 Å². The number of carbonyl (C=O) groups excluding carboxylic acids is 1. The first kappa shape index (κ1) is 22.7. The lowest BCUT2D eigenvalue weighted by atomic mass is 10.0. The van der Waals surface area contributed by atoms with Crippen LogP contribution in [0, 0.1) is 0 Å². The molecule has 1 heterocycles. The molecule has 0 fully saturated rings. The summed E-state index contributed by atoms with van der Waals surface area (Å²) in [5, 5.41) is 10.9. The number of aliphatic hydroxyl groups excluding tert-OH is 1. The molecule has 3 N–H and O–H groups in total. The minimum atomic E-state index is -0.629. The summed E-state index contributed by atoms with van der Waals surface area (Å²) in [7, 11) is 0. The van der Waals surface area contributed by atoms with Crippen LogP contribution < -0.4 is 15.2 Å². The zero-order chi connectivity index (χ0) is 22.2. The zero-order valence-corrected chi connectivity index (χ0v) is 18.0. The topological polar surface area (TPSA) is 99.6 Å². The van der Waals surface area contributed by atoms with E-state index in [1.807, 2.05) is 36.4 Å². The predicted octanol–water partition coefficient (Wildman–Crippen LogP) is 3.65. The van der Waals surface area contributed by atoms with E-state index in [9.17, 15) is 9.90 Å². The number of amides is 1. The van der Waals surface area contributed by atoms with Crippen LogP contribution in [0.1, 0.15) is 35.4 Å². The van der Waals surface area contributed by atoms with Gasteiger partial charge in [-0.25, -0.2) is 4.98 Å². The normalized spacial score (nSPS) is 12.9. The molecule has 0 aliphatic rings. The number of carbonyl (C=O) groups is 1. The second-order valence-electron chi connectivity index (χ2n) is 7.18. The van der Waals surface area contributed by atoms with Crippen molar-refractivity contribution in [3.05, 3.63) is 77.3 Å². The third-order valence-corrected chi connectivity index (χ3v) is 5.15. The number of rotatable bonds is 11. The number of para-hydroxylation sites is 1. The number of ether oxygens (including phenoxy) is 2. The Morgan fingerprint density at radius 2 is 1.87 bits per heavy atom. The Morgan fingerprint density at radius 1 is 1.16 bits per heavy atom. The fraction of sp³-hybridized carbons (Fsp3) is 0.304. The highest BCUT2D eigenvalue weighted by Crippen LogP contribution is 2.25. The van der Waals surface area contributed by atoms with Crippen LogP contribution in [0.25, 0.3) is 0 Å². The molecular weight excluding hydrogens is 418 g/mol. The first-order valence-electron chi connectivity index (χ1n) is 10.0. The number of aliphatic hydroxyl groups is 1. The summed E-state index contributed by atoms with van der Waals surface area (Å²) in [5.41, 5.74) is 6.48. The maximum absolute atomic E-state index is 11.3. The van der Waals surface area contributed by atoms with E-state index in [1.54, 1.807) is 29.8 Å². The molecule has 3 rings (SSSR count). The number of benzene rings is 2. The number of hydrogen-bond donors (Lipinski definition) is 2. The van der Waals surface area contributed by atoms with E-state index in [4.69, 9.17) is 26.8 Å². The molecule has 2 atom stereocenters. The maximum Gasteiger partial charge on any atom is 0.268 e. The second kappa shape index (κ2) is 10.8. The molecule has 0 saturated heterocycles. The molecule has 1 aromatic heterocycles. The number of nitrogens with zero attached hydrogens (tertiary/aromatic N) is 2.